The summed E-state index contributed by atoms with van der Waals surface area (Å²) in [6.45, 7) is 2.32. The number of halogens is 1. The monoisotopic (exact) mass is 413 g/mol. The highest BCUT2D eigenvalue weighted by molar-refractivity contribution is 6.30. The molecule has 2 aromatic rings. The lowest BCUT2D eigenvalue weighted by atomic mass is 10.1. The highest BCUT2D eigenvalue weighted by Gasteiger charge is 2.40. The van der Waals surface area contributed by atoms with E-state index in [4.69, 9.17) is 11.6 Å². The fraction of sp³-hybridized carbons (Fsp3) is 0.318. The number of benzene rings is 2. The molecule has 0 aromatic heterocycles. The first-order chi connectivity index (χ1) is 14.0. The molecule has 7 heteroatoms. The Kier molecular flexibility index (Phi) is 6.88. The third-order valence-electron chi connectivity index (χ3n) is 5.03. The molecule has 1 aliphatic heterocycles. The average Bonchev–Trinajstić information content (AvgIpc) is 3.01. The fourth-order valence-corrected chi connectivity index (χ4v) is 3.48. The SMILES string of the molecule is CC(c1ccccc1)N1C(=O)NC(CCC(=O)NCCc2ccc(Cl)cc2)C1=O. The molecule has 1 heterocycles. The Balaban J connectivity index is 1.45. The van der Waals surface area contributed by atoms with Crippen LogP contribution in [0, 0.1) is 0 Å². The van der Waals surface area contributed by atoms with Crippen molar-refractivity contribution < 1.29 is 14.4 Å². The summed E-state index contributed by atoms with van der Waals surface area (Å²) in [5.41, 5.74) is 1.97. The van der Waals surface area contributed by atoms with Crippen molar-refractivity contribution in [1.29, 1.82) is 0 Å². The van der Waals surface area contributed by atoms with Gasteiger partial charge in [-0.3, -0.25) is 14.5 Å². The first kappa shape index (κ1) is 20.9. The number of hydrogen-bond acceptors (Lipinski definition) is 3. The number of rotatable bonds is 8. The lowest BCUT2D eigenvalue weighted by Gasteiger charge is -2.21. The number of imide groups is 1. The van der Waals surface area contributed by atoms with Gasteiger partial charge < -0.3 is 10.6 Å². The van der Waals surface area contributed by atoms with E-state index in [0.29, 0.717) is 18.0 Å². The molecule has 1 saturated heterocycles. The molecule has 0 saturated carbocycles. The molecule has 3 rings (SSSR count). The Labute approximate surface area is 175 Å². The lowest BCUT2D eigenvalue weighted by Crippen LogP contribution is -2.34. The molecular formula is C22H24ClN3O3. The molecule has 1 aliphatic rings. The number of urea groups is 1. The number of carbonyl (C=O) groups excluding carboxylic acids is 3. The van der Waals surface area contributed by atoms with Gasteiger partial charge in [0, 0.05) is 18.0 Å². The quantitative estimate of drug-likeness (QED) is 0.650. The van der Waals surface area contributed by atoms with E-state index in [2.05, 4.69) is 10.6 Å². The second kappa shape index (κ2) is 9.56. The molecule has 0 bridgehead atoms. The topological polar surface area (TPSA) is 78.5 Å². The molecule has 2 aromatic carbocycles. The molecule has 2 unspecified atom stereocenters. The highest BCUT2D eigenvalue weighted by Crippen LogP contribution is 2.25. The number of hydrogen-bond donors (Lipinski definition) is 2. The Bertz CT molecular complexity index is 871. The van der Waals surface area contributed by atoms with Crippen molar-refractivity contribution >= 4 is 29.4 Å². The molecule has 6 nitrogen and oxygen atoms in total. The van der Waals surface area contributed by atoms with Gasteiger partial charge in [-0.05, 0) is 43.0 Å². The van der Waals surface area contributed by atoms with Gasteiger partial charge in [0.15, 0.2) is 0 Å². The molecule has 29 heavy (non-hydrogen) atoms. The van der Waals surface area contributed by atoms with E-state index in [0.717, 1.165) is 11.1 Å². The van der Waals surface area contributed by atoms with Crippen LogP contribution in [0.15, 0.2) is 54.6 Å². The van der Waals surface area contributed by atoms with Crippen LogP contribution in [0.2, 0.25) is 5.02 Å². The van der Waals surface area contributed by atoms with Crippen LogP contribution in [-0.2, 0) is 16.0 Å². The minimum Gasteiger partial charge on any atom is -0.356 e. The van der Waals surface area contributed by atoms with E-state index < -0.39 is 12.1 Å². The van der Waals surface area contributed by atoms with Gasteiger partial charge in [-0.2, -0.15) is 0 Å². The van der Waals surface area contributed by atoms with Gasteiger partial charge in [0.05, 0.1) is 6.04 Å². The van der Waals surface area contributed by atoms with E-state index in [1.54, 1.807) is 0 Å². The standard InChI is InChI=1S/C22H24ClN3O3/c1-15(17-5-3-2-4-6-17)26-21(28)19(25-22(26)29)11-12-20(27)24-14-13-16-7-9-18(23)10-8-16/h2-10,15,19H,11-14H2,1H3,(H,24,27)(H,25,29). The minimum atomic E-state index is -0.671. The lowest BCUT2D eigenvalue weighted by molar-refractivity contribution is -0.129. The Morgan fingerprint density at radius 2 is 1.83 bits per heavy atom. The smallest absolute Gasteiger partial charge is 0.325 e. The van der Waals surface area contributed by atoms with Crippen LogP contribution in [0.3, 0.4) is 0 Å². The third kappa shape index (κ3) is 5.35. The van der Waals surface area contributed by atoms with Crippen LogP contribution in [-0.4, -0.2) is 35.3 Å². The Morgan fingerprint density at radius 1 is 1.14 bits per heavy atom. The summed E-state index contributed by atoms with van der Waals surface area (Å²) in [5, 5.41) is 6.22. The maximum absolute atomic E-state index is 12.7. The molecular weight excluding hydrogens is 390 g/mol. The Hall–Kier alpha value is -2.86. The van der Waals surface area contributed by atoms with Crippen molar-refractivity contribution in [2.75, 3.05) is 6.54 Å². The molecule has 0 radical (unpaired) electrons. The normalized spacial score (nSPS) is 17.2. The van der Waals surface area contributed by atoms with Crippen LogP contribution in [0.1, 0.15) is 36.9 Å². The van der Waals surface area contributed by atoms with E-state index in [1.807, 2.05) is 61.5 Å². The predicted octanol–water partition coefficient (Wildman–Crippen LogP) is 3.46. The molecule has 0 spiro atoms. The van der Waals surface area contributed by atoms with Crippen molar-refractivity contribution in [2.45, 2.75) is 38.3 Å². The summed E-state index contributed by atoms with van der Waals surface area (Å²) in [5.74, 6) is -0.434. The fourth-order valence-electron chi connectivity index (χ4n) is 3.35. The maximum Gasteiger partial charge on any atom is 0.325 e. The van der Waals surface area contributed by atoms with Gasteiger partial charge in [0.2, 0.25) is 5.91 Å². The minimum absolute atomic E-state index is 0.143. The summed E-state index contributed by atoms with van der Waals surface area (Å²) in [6.07, 6.45) is 1.14. The van der Waals surface area contributed by atoms with Crippen molar-refractivity contribution in [3.05, 3.63) is 70.7 Å². The zero-order valence-electron chi connectivity index (χ0n) is 16.2. The Morgan fingerprint density at radius 3 is 2.52 bits per heavy atom. The molecule has 0 aliphatic carbocycles. The molecule has 152 valence electrons. The third-order valence-corrected chi connectivity index (χ3v) is 5.28. The number of nitrogens with zero attached hydrogens (tertiary/aromatic N) is 1. The molecule has 2 N–H and O–H groups in total. The summed E-state index contributed by atoms with van der Waals surface area (Å²) in [7, 11) is 0. The van der Waals surface area contributed by atoms with Crippen molar-refractivity contribution in [3.63, 3.8) is 0 Å². The zero-order chi connectivity index (χ0) is 20.8. The van der Waals surface area contributed by atoms with Crippen LogP contribution < -0.4 is 10.6 Å². The summed E-state index contributed by atoms with van der Waals surface area (Å²) in [4.78, 5) is 38.3. The van der Waals surface area contributed by atoms with Gasteiger partial charge in [0.25, 0.3) is 5.91 Å². The van der Waals surface area contributed by atoms with Crippen molar-refractivity contribution in [1.82, 2.24) is 15.5 Å². The van der Waals surface area contributed by atoms with E-state index in [1.165, 1.54) is 4.90 Å². The van der Waals surface area contributed by atoms with E-state index in [-0.39, 0.29) is 30.7 Å². The molecule has 4 amide bonds. The average molecular weight is 414 g/mol. The summed E-state index contributed by atoms with van der Waals surface area (Å²) >= 11 is 5.86. The van der Waals surface area contributed by atoms with E-state index >= 15 is 0 Å². The van der Waals surface area contributed by atoms with Crippen LogP contribution in [0.5, 0.6) is 0 Å². The highest BCUT2D eigenvalue weighted by atomic mass is 35.5. The maximum atomic E-state index is 12.7. The predicted molar refractivity (Wildman–Crippen MR) is 111 cm³/mol. The number of carbonyl (C=O) groups is 3. The number of amides is 4. The van der Waals surface area contributed by atoms with Gasteiger partial charge in [-0.25, -0.2) is 4.79 Å². The summed E-state index contributed by atoms with van der Waals surface area (Å²) in [6, 6.07) is 15.4. The summed E-state index contributed by atoms with van der Waals surface area (Å²) < 4.78 is 0. The van der Waals surface area contributed by atoms with Crippen LogP contribution >= 0.6 is 11.6 Å². The van der Waals surface area contributed by atoms with Crippen molar-refractivity contribution in [3.8, 4) is 0 Å². The largest absolute Gasteiger partial charge is 0.356 e. The van der Waals surface area contributed by atoms with Gasteiger partial charge in [-0.1, -0.05) is 54.1 Å². The van der Waals surface area contributed by atoms with Crippen molar-refractivity contribution in [2.24, 2.45) is 0 Å². The second-order valence-corrected chi connectivity index (χ2v) is 7.50. The van der Waals surface area contributed by atoms with E-state index in [9.17, 15) is 14.4 Å². The molecule has 2 atom stereocenters. The molecule has 1 fully saturated rings. The number of nitrogens with one attached hydrogen (secondary N) is 2. The van der Waals surface area contributed by atoms with Gasteiger partial charge in [-0.15, -0.1) is 0 Å². The zero-order valence-corrected chi connectivity index (χ0v) is 17.0. The first-order valence-corrected chi connectivity index (χ1v) is 10.0. The second-order valence-electron chi connectivity index (χ2n) is 7.06. The van der Waals surface area contributed by atoms with Gasteiger partial charge in [0.1, 0.15) is 6.04 Å². The first-order valence-electron chi connectivity index (χ1n) is 9.65. The van der Waals surface area contributed by atoms with Gasteiger partial charge >= 0.3 is 6.03 Å². The van der Waals surface area contributed by atoms with Crippen LogP contribution in [0.4, 0.5) is 4.79 Å². The van der Waals surface area contributed by atoms with Crippen LogP contribution in [0.25, 0.3) is 0 Å².